The van der Waals surface area contributed by atoms with Gasteiger partial charge in [-0.3, -0.25) is 9.59 Å². The molecule has 3 aliphatic heterocycles. The van der Waals surface area contributed by atoms with Crippen molar-refractivity contribution in [2.45, 2.75) is 110 Å². The van der Waals surface area contributed by atoms with Crippen molar-refractivity contribution in [1.82, 2.24) is 0 Å². The van der Waals surface area contributed by atoms with E-state index in [9.17, 15) is 24.6 Å². The Kier molecular flexibility index (Phi) is 7.36. The van der Waals surface area contributed by atoms with Crippen LogP contribution in [0.25, 0.3) is 6.08 Å². The van der Waals surface area contributed by atoms with Crippen molar-refractivity contribution in [2.24, 2.45) is 11.8 Å². The Morgan fingerprint density at radius 1 is 1.00 bits per heavy atom. The monoisotopic (exact) mass is 628 g/mol. The molecule has 6 aliphatic rings. The van der Waals surface area contributed by atoms with Crippen molar-refractivity contribution in [3.05, 3.63) is 69.4 Å². The number of ether oxygens (including phenoxy) is 3. The van der Waals surface area contributed by atoms with E-state index in [1.807, 2.05) is 52.8 Å². The molecular formula is C38H44O8. The number of phenolic OH excluding ortho intramolecular Hbond substituents is 1. The fourth-order valence-corrected chi connectivity index (χ4v) is 8.17. The molecule has 3 unspecified atom stereocenters. The number of carboxylic acid groups (broad SMARTS) is 1. The lowest BCUT2D eigenvalue weighted by Crippen LogP contribution is -2.72. The van der Waals surface area contributed by atoms with E-state index < -0.39 is 40.1 Å². The number of Topliss-reactive ketones (excluding diaryl/α,β-unsaturated/α-hetero) is 2. The molecule has 1 aromatic rings. The molecule has 46 heavy (non-hydrogen) atoms. The van der Waals surface area contributed by atoms with Crippen LogP contribution < -0.4 is 9.47 Å². The van der Waals surface area contributed by atoms with Crippen LogP contribution in [0, 0.1) is 11.8 Å². The molecule has 7 rings (SSSR count). The number of hydrogen-bond donors (Lipinski definition) is 2. The van der Waals surface area contributed by atoms with Crippen molar-refractivity contribution in [3.63, 3.8) is 0 Å². The Labute approximate surface area is 270 Å². The number of rotatable bonds is 8. The minimum atomic E-state index is -1.63. The third-order valence-electron chi connectivity index (χ3n) is 10.5. The molecule has 3 aliphatic carbocycles. The molecule has 1 aromatic carbocycles. The highest BCUT2D eigenvalue weighted by Gasteiger charge is 2.81. The number of fused-ring (bicyclic) bond motifs is 2. The summed E-state index contributed by atoms with van der Waals surface area (Å²) in [4.78, 5) is 40.8. The third-order valence-corrected chi connectivity index (χ3v) is 10.5. The first-order chi connectivity index (χ1) is 21.5. The van der Waals surface area contributed by atoms with Gasteiger partial charge in [0, 0.05) is 35.0 Å². The molecule has 1 saturated heterocycles. The summed E-state index contributed by atoms with van der Waals surface area (Å²) in [6, 6.07) is 0. The number of hydrogen-bond acceptors (Lipinski definition) is 7. The lowest BCUT2D eigenvalue weighted by molar-refractivity contribution is -0.171. The van der Waals surface area contributed by atoms with Gasteiger partial charge in [-0.1, -0.05) is 35.5 Å². The fraction of sp³-hybridized carbons (Fsp3) is 0.500. The predicted octanol–water partition coefficient (Wildman–Crippen LogP) is 7.24. The first kappa shape index (κ1) is 32.0. The van der Waals surface area contributed by atoms with Gasteiger partial charge in [-0.2, -0.15) is 0 Å². The molecule has 3 heterocycles. The van der Waals surface area contributed by atoms with Gasteiger partial charge in [-0.25, -0.2) is 4.79 Å². The third kappa shape index (κ3) is 4.47. The van der Waals surface area contributed by atoms with Gasteiger partial charge in [-0.05, 0) is 93.2 Å². The number of benzene rings is 1. The summed E-state index contributed by atoms with van der Waals surface area (Å²) in [7, 11) is 0. The summed E-state index contributed by atoms with van der Waals surface area (Å²) >= 11 is 0. The molecule has 1 saturated carbocycles. The van der Waals surface area contributed by atoms with E-state index >= 15 is 0 Å². The van der Waals surface area contributed by atoms with Crippen LogP contribution in [-0.4, -0.2) is 50.2 Å². The van der Waals surface area contributed by atoms with Crippen molar-refractivity contribution in [2.75, 3.05) is 0 Å². The zero-order valence-corrected chi connectivity index (χ0v) is 28.0. The van der Waals surface area contributed by atoms with E-state index in [2.05, 4.69) is 19.9 Å². The Morgan fingerprint density at radius 3 is 2.35 bits per heavy atom. The summed E-state index contributed by atoms with van der Waals surface area (Å²) in [6.07, 6.45) is 13.4. The molecule has 2 N–H and O–H groups in total. The van der Waals surface area contributed by atoms with E-state index in [1.165, 1.54) is 18.6 Å². The smallest absolute Gasteiger partial charge is 0.330 e. The minimum Gasteiger partial charge on any atom is -0.506 e. The van der Waals surface area contributed by atoms with Crippen LogP contribution in [-0.2, 0) is 20.7 Å². The van der Waals surface area contributed by atoms with Gasteiger partial charge in [0.25, 0.3) is 0 Å². The summed E-state index contributed by atoms with van der Waals surface area (Å²) in [5, 5.41) is 21.4. The topological polar surface area (TPSA) is 119 Å². The van der Waals surface area contributed by atoms with Gasteiger partial charge < -0.3 is 24.4 Å². The van der Waals surface area contributed by atoms with E-state index in [0.29, 0.717) is 41.7 Å². The maximum Gasteiger partial charge on any atom is 0.330 e. The quantitative estimate of drug-likeness (QED) is 0.228. The maximum absolute atomic E-state index is 14.7. The average Bonchev–Trinajstić information content (AvgIpc) is 3.12. The van der Waals surface area contributed by atoms with E-state index in [-0.39, 0.29) is 40.8 Å². The molecule has 0 radical (unpaired) electrons. The number of phenols is 1. The Bertz CT molecular complexity index is 1730. The second-order valence-electron chi connectivity index (χ2n) is 14.8. The van der Waals surface area contributed by atoms with Crippen molar-refractivity contribution in [3.8, 4) is 17.2 Å². The number of carbonyl (C=O) groups excluding carboxylic acids is 2. The largest absolute Gasteiger partial charge is 0.506 e. The summed E-state index contributed by atoms with van der Waals surface area (Å²) in [5.41, 5.74) is -0.952. The lowest BCUT2D eigenvalue weighted by atomic mass is 9.51. The zero-order chi connectivity index (χ0) is 33.6. The molecule has 5 atom stereocenters. The Morgan fingerprint density at radius 2 is 1.70 bits per heavy atom. The van der Waals surface area contributed by atoms with Crippen LogP contribution >= 0.6 is 0 Å². The minimum absolute atomic E-state index is 0.0544. The molecule has 0 aromatic heterocycles. The first-order valence-electron chi connectivity index (χ1n) is 16.2. The van der Waals surface area contributed by atoms with Gasteiger partial charge in [-0.15, -0.1) is 0 Å². The van der Waals surface area contributed by atoms with Crippen LogP contribution in [0.2, 0.25) is 0 Å². The highest BCUT2D eigenvalue weighted by atomic mass is 16.6. The van der Waals surface area contributed by atoms with Gasteiger partial charge in [0.1, 0.15) is 28.4 Å². The summed E-state index contributed by atoms with van der Waals surface area (Å²) in [5.74, 6) is -2.28. The highest BCUT2D eigenvalue weighted by molar-refractivity contribution is 6.19. The molecule has 2 fully saturated rings. The number of carbonyl (C=O) groups is 3. The number of ketones is 2. The summed E-state index contributed by atoms with van der Waals surface area (Å²) < 4.78 is 20.6. The number of aliphatic carboxylic acids is 1. The zero-order valence-electron chi connectivity index (χ0n) is 28.0. The standard InChI is InChI=1S/C38H44O8/c1-20(2)10-9-15-36(8)16-14-24-29(39)28-30(40)26-18-23-19-27-35(6,7)46-37(33(23)41,17-13-22(5)34(42)43)38(26,27)45-32(28)25(31(24)44-36)12-11-21(3)4/h10-11,13-14,16,18,23,27,39H,9,12,15,17,19H2,1-8H3,(H,42,43)/b22-13+/t23?,27?,36?,37-,38+/m0/s1. The van der Waals surface area contributed by atoms with Gasteiger partial charge in [0.15, 0.2) is 22.8 Å². The van der Waals surface area contributed by atoms with Crippen LogP contribution in [0.5, 0.6) is 17.2 Å². The number of allylic oxidation sites excluding steroid dienone is 5. The maximum atomic E-state index is 14.7. The average molecular weight is 629 g/mol. The van der Waals surface area contributed by atoms with E-state index in [1.54, 1.807) is 6.08 Å². The predicted molar refractivity (Wildman–Crippen MR) is 174 cm³/mol. The molecule has 8 heteroatoms. The van der Waals surface area contributed by atoms with Crippen LogP contribution in [0.3, 0.4) is 0 Å². The van der Waals surface area contributed by atoms with Gasteiger partial charge >= 0.3 is 5.97 Å². The van der Waals surface area contributed by atoms with Crippen molar-refractivity contribution in [1.29, 1.82) is 0 Å². The van der Waals surface area contributed by atoms with Crippen LogP contribution in [0.15, 0.2) is 52.7 Å². The van der Waals surface area contributed by atoms with Crippen molar-refractivity contribution < 1.29 is 38.8 Å². The second kappa shape index (κ2) is 10.6. The molecule has 4 bridgehead atoms. The molecule has 1 spiro atoms. The van der Waals surface area contributed by atoms with Gasteiger partial charge in [0.05, 0.1) is 11.2 Å². The van der Waals surface area contributed by atoms with Gasteiger partial charge in [0.2, 0.25) is 0 Å². The van der Waals surface area contributed by atoms with E-state index in [4.69, 9.17) is 14.2 Å². The fourth-order valence-electron chi connectivity index (χ4n) is 8.17. The van der Waals surface area contributed by atoms with Crippen LogP contribution in [0.4, 0.5) is 0 Å². The normalized spacial score (nSPS) is 31.2. The first-order valence-corrected chi connectivity index (χ1v) is 16.2. The number of aromatic hydroxyl groups is 1. The SMILES string of the molecule is CC(C)=CCCC1(C)C=Cc2c(O)c3c(c(CC=C(C)C)c2O1)O[C@]12C(=CC4CC1C(C)(C)O[C@@]2(C/C=C(\C)C(=O)O)C4=O)C3=O. The lowest BCUT2D eigenvalue weighted by Gasteiger charge is -2.56. The molecular weight excluding hydrogens is 584 g/mol. The highest BCUT2D eigenvalue weighted by Crippen LogP contribution is 2.68. The Balaban J connectivity index is 1.59. The summed E-state index contributed by atoms with van der Waals surface area (Å²) in [6.45, 7) is 15.4. The number of carboxylic acids is 1. The Hall–Kier alpha value is -3.91. The molecule has 0 amide bonds. The second-order valence-corrected chi connectivity index (χ2v) is 14.8. The molecule has 244 valence electrons. The molecule has 8 nitrogen and oxygen atoms in total. The van der Waals surface area contributed by atoms with Crippen molar-refractivity contribution >= 4 is 23.6 Å². The van der Waals surface area contributed by atoms with Crippen LogP contribution in [0.1, 0.15) is 103 Å². The van der Waals surface area contributed by atoms with E-state index in [0.717, 1.165) is 12.0 Å².